The van der Waals surface area contributed by atoms with E-state index in [-0.39, 0.29) is 44.2 Å². The molecule has 0 spiro atoms. The van der Waals surface area contributed by atoms with Crippen molar-refractivity contribution in [2.24, 2.45) is 10.2 Å². The summed E-state index contributed by atoms with van der Waals surface area (Å²) in [6.07, 6.45) is 5.21. The first-order chi connectivity index (χ1) is 18.4. The Morgan fingerprint density at radius 3 is 2.26 bits per heavy atom. The second kappa shape index (κ2) is 17.2. The standard InChI is InChI=1S/C28H32N2O8/c1-4-14-36-28(33)24-18-23(20-30-29-19-22-10-8-21(3)9-11-22)12-13-25(24)38-37-15-6-7-27(32)35-17-16-34-26(31)5-2/h5,8-13,18-20H,2,4,6-7,14-17H2,1,3H3. The molecule has 10 heteroatoms. The first kappa shape index (κ1) is 29.9. The van der Waals surface area contributed by atoms with Crippen LogP contribution in [0.4, 0.5) is 0 Å². The summed E-state index contributed by atoms with van der Waals surface area (Å²) in [6.45, 7) is 7.40. The van der Waals surface area contributed by atoms with Crippen LogP contribution < -0.4 is 4.89 Å². The van der Waals surface area contributed by atoms with Gasteiger partial charge in [0.05, 0.1) is 25.6 Å². The van der Waals surface area contributed by atoms with Gasteiger partial charge in [-0.15, -0.1) is 0 Å². The minimum atomic E-state index is -0.587. The van der Waals surface area contributed by atoms with Crippen LogP contribution >= 0.6 is 0 Å². The second-order valence-corrected chi connectivity index (χ2v) is 7.89. The van der Waals surface area contributed by atoms with Crippen molar-refractivity contribution >= 4 is 30.3 Å². The molecule has 0 fully saturated rings. The number of hydrogen-bond acceptors (Lipinski definition) is 10. The van der Waals surface area contributed by atoms with E-state index in [4.69, 9.17) is 24.0 Å². The van der Waals surface area contributed by atoms with Gasteiger partial charge >= 0.3 is 17.9 Å². The summed E-state index contributed by atoms with van der Waals surface area (Å²) in [6, 6.07) is 12.7. The Morgan fingerprint density at radius 1 is 0.868 bits per heavy atom. The van der Waals surface area contributed by atoms with Gasteiger partial charge in [-0.2, -0.15) is 15.1 Å². The van der Waals surface area contributed by atoms with Gasteiger partial charge in [0, 0.05) is 12.5 Å². The maximum atomic E-state index is 12.6. The Balaban J connectivity index is 1.87. The number of carbonyl (C=O) groups is 3. The fourth-order valence-corrected chi connectivity index (χ4v) is 2.79. The summed E-state index contributed by atoms with van der Waals surface area (Å²) in [5.41, 5.74) is 2.85. The third-order valence-electron chi connectivity index (χ3n) is 4.73. The number of aryl methyl sites for hydroxylation is 1. The molecule has 2 aromatic carbocycles. The molecule has 2 rings (SSSR count). The SMILES string of the molecule is C=CC(=O)OCCOC(=O)CCCOOc1ccc(C=NN=Cc2ccc(C)cc2)cc1C(=O)OCCC. The molecule has 0 saturated heterocycles. The molecule has 202 valence electrons. The van der Waals surface area contributed by atoms with Crippen molar-refractivity contribution in [3.63, 3.8) is 0 Å². The lowest BCUT2D eigenvalue weighted by Crippen LogP contribution is -2.13. The molecule has 0 atom stereocenters. The van der Waals surface area contributed by atoms with Crippen molar-refractivity contribution in [2.75, 3.05) is 26.4 Å². The number of hydrogen-bond donors (Lipinski definition) is 0. The molecule has 0 radical (unpaired) electrons. The van der Waals surface area contributed by atoms with E-state index >= 15 is 0 Å². The minimum Gasteiger partial charge on any atom is -0.462 e. The molecular weight excluding hydrogens is 492 g/mol. The monoisotopic (exact) mass is 524 g/mol. The summed E-state index contributed by atoms with van der Waals surface area (Å²) < 4.78 is 14.9. The second-order valence-electron chi connectivity index (χ2n) is 7.89. The fourth-order valence-electron chi connectivity index (χ4n) is 2.79. The predicted molar refractivity (Wildman–Crippen MR) is 141 cm³/mol. The Bertz CT molecular complexity index is 1130. The van der Waals surface area contributed by atoms with Crippen LogP contribution in [0, 0.1) is 6.92 Å². The molecule has 10 nitrogen and oxygen atoms in total. The van der Waals surface area contributed by atoms with Crippen molar-refractivity contribution in [3.05, 3.63) is 77.4 Å². The minimum absolute atomic E-state index is 0.0487. The molecule has 38 heavy (non-hydrogen) atoms. The lowest BCUT2D eigenvalue weighted by Gasteiger charge is -2.11. The average Bonchev–Trinajstić information content (AvgIpc) is 2.93. The summed E-state index contributed by atoms with van der Waals surface area (Å²) >= 11 is 0. The van der Waals surface area contributed by atoms with Crippen LogP contribution in [0.25, 0.3) is 0 Å². The first-order valence-corrected chi connectivity index (χ1v) is 12.1. The lowest BCUT2D eigenvalue weighted by molar-refractivity contribution is -0.208. The molecule has 0 aliphatic carbocycles. The van der Waals surface area contributed by atoms with E-state index in [9.17, 15) is 14.4 Å². The fraction of sp³-hybridized carbons (Fsp3) is 0.321. The number of carbonyl (C=O) groups excluding carboxylic acids is 3. The number of rotatable bonds is 16. The zero-order valence-corrected chi connectivity index (χ0v) is 21.6. The quantitative estimate of drug-likeness (QED) is 0.0603. The van der Waals surface area contributed by atoms with E-state index in [2.05, 4.69) is 16.8 Å². The highest BCUT2D eigenvalue weighted by atomic mass is 17.2. The molecule has 0 aliphatic heterocycles. The van der Waals surface area contributed by atoms with Crippen LogP contribution in [0.2, 0.25) is 0 Å². The van der Waals surface area contributed by atoms with Gasteiger partial charge in [-0.3, -0.25) is 4.79 Å². The summed E-state index contributed by atoms with van der Waals surface area (Å²) in [7, 11) is 0. The van der Waals surface area contributed by atoms with Crippen LogP contribution in [-0.4, -0.2) is 56.8 Å². The highest BCUT2D eigenvalue weighted by Crippen LogP contribution is 2.21. The number of ether oxygens (including phenoxy) is 3. The van der Waals surface area contributed by atoms with Gasteiger partial charge in [0.1, 0.15) is 18.8 Å². The van der Waals surface area contributed by atoms with E-state index < -0.39 is 17.9 Å². The smallest absolute Gasteiger partial charge is 0.342 e. The Hall–Kier alpha value is -4.31. The zero-order chi connectivity index (χ0) is 27.6. The van der Waals surface area contributed by atoms with Crippen LogP contribution in [0.3, 0.4) is 0 Å². The maximum absolute atomic E-state index is 12.6. The summed E-state index contributed by atoms with van der Waals surface area (Å²) in [4.78, 5) is 45.7. The van der Waals surface area contributed by atoms with Gasteiger partial charge in [0.2, 0.25) is 0 Å². The van der Waals surface area contributed by atoms with Crippen LogP contribution in [-0.2, 0) is 28.7 Å². The summed E-state index contributed by atoms with van der Waals surface area (Å²) in [5, 5.41) is 8.08. The Kier molecular flexibility index (Phi) is 13.5. The Morgan fingerprint density at radius 2 is 1.55 bits per heavy atom. The largest absolute Gasteiger partial charge is 0.462 e. The van der Waals surface area contributed by atoms with E-state index in [1.54, 1.807) is 24.4 Å². The highest BCUT2D eigenvalue weighted by molar-refractivity contribution is 5.95. The lowest BCUT2D eigenvalue weighted by atomic mass is 10.1. The van der Waals surface area contributed by atoms with Crippen molar-refractivity contribution < 1.29 is 38.4 Å². The summed E-state index contributed by atoms with van der Waals surface area (Å²) in [5.74, 6) is -1.46. The van der Waals surface area contributed by atoms with E-state index in [0.29, 0.717) is 18.4 Å². The van der Waals surface area contributed by atoms with Gasteiger partial charge in [0.25, 0.3) is 0 Å². The third-order valence-corrected chi connectivity index (χ3v) is 4.73. The van der Waals surface area contributed by atoms with Gasteiger partial charge in [-0.1, -0.05) is 43.3 Å². The first-order valence-electron chi connectivity index (χ1n) is 12.1. The number of esters is 3. The van der Waals surface area contributed by atoms with Gasteiger partial charge in [0.15, 0.2) is 5.75 Å². The molecule has 0 heterocycles. The predicted octanol–water partition coefficient (Wildman–Crippen LogP) is 4.38. The van der Waals surface area contributed by atoms with E-state index in [1.807, 2.05) is 38.1 Å². The van der Waals surface area contributed by atoms with Gasteiger partial charge < -0.3 is 19.1 Å². The third kappa shape index (κ3) is 11.6. The molecule has 0 unspecified atom stereocenters. The molecule has 0 N–H and O–H groups in total. The van der Waals surface area contributed by atoms with E-state index in [1.165, 1.54) is 6.21 Å². The Labute approximate surface area is 221 Å². The molecule has 0 aliphatic rings. The maximum Gasteiger partial charge on any atom is 0.342 e. The molecule has 0 amide bonds. The molecule has 0 saturated carbocycles. The van der Waals surface area contributed by atoms with Crippen molar-refractivity contribution in [1.82, 2.24) is 0 Å². The van der Waals surface area contributed by atoms with Crippen LogP contribution in [0.15, 0.2) is 65.3 Å². The van der Waals surface area contributed by atoms with Crippen molar-refractivity contribution in [3.8, 4) is 5.75 Å². The van der Waals surface area contributed by atoms with Crippen LogP contribution in [0.1, 0.15) is 53.2 Å². The van der Waals surface area contributed by atoms with E-state index in [0.717, 1.165) is 17.2 Å². The number of benzene rings is 2. The highest BCUT2D eigenvalue weighted by Gasteiger charge is 2.16. The number of nitrogens with zero attached hydrogens (tertiary/aromatic N) is 2. The molecular formula is C28H32N2O8. The topological polar surface area (TPSA) is 122 Å². The average molecular weight is 525 g/mol. The van der Waals surface area contributed by atoms with Gasteiger partial charge in [-0.05, 0) is 49.1 Å². The van der Waals surface area contributed by atoms with Crippen molar-refractivity contribution in [1.29, 1.82) is 0 Å². The molecule has 2 aromatic rings. The van der Waals surface area contributed by atoms with Crippen molar-refractivity contribution in [2.45, 2.75) is 33.1 Å². The zero-order valence-electron chi connectivity index (χ0n) is 21.6. The molecule has 0 bridgehead atoms. The van der Waals surface area contributed by atoms with Crippen LogP contribution in [0.5, 0.6) is 5.75 Å². The van der Waals surface area contributed by atoms with Gasteiger partial charge in [-0.25, -0.2) is 9.59 Å². The normalized spacial score (nSPS) is 10.9. The molecule has 0 aromatic heterocycles.